The normalized spacial score (nSPS) is 11.1. The van der Waals surface area contributed by atoms with Gasteiger partial charge in [0.2, 0.25) is 11.7 Å². The van der Waals surface area contributed by atoms with Crippen LogP contribution in [0, 0.1) is 0 Å². The molecule has 0 amide bonds. The number of likely N-dealkylation sites (N-methyl/N-ethyl adjacent to an activating group) is 1. The van der Waals surface area contributed by atoms with Crippen LogP contribution in [0.15, 0.2) is 28.8 Å². The highest BCUT2D eigenvalue weighted by molar-refractivity contribution is 6.33. The van der Waals surface area contributed by atoms with Gasteiger partial charge >= 0.3 is 0 Å². The van der Waals surface area contributed by atoms with E-state index in [2.05, 4.69) is 10.1 Å². The van der Waals surface area contributed by atoms with Gasteiger partial charge in [0.1, 0.15) is 0 Å². The Labute approximate surface area is 111 Å². The quantitative estimate of drug-likeness (QED) is 0.893. The van der Waals surface area contributed by atoms with E-state index in [0.717, 1.165) is 12.1 Å². The zero-order valence-electron chi connectivity index (χ0n) is 10.1. The summed E-state index contributed by atoms with van der Waals surface area (Å²) in [5, 5.41) is 4.54. The zero-order valence-corrected chi connectivity index (χ0v) is 10.9. The van der Waals surface area contributed by atoms with Crippen LogP contribution in [0.4, 0.5) is 0 Å². The summed E-state index contributed by atoms with van der Waals surface area (Å²) in [5.41, 5.74) is 6.25. The number of halogens is 1. The highest BCUT2D eigenvalue weighted by Gasteiger charge is 2.12. The van der Waals surface area contributed by atoms with E-state index in [4.69, 9.17) is 21.9 Å². The van der Waals surface area contributed by atoms with E-state index in [1.807, 2.05) is 30.1 Å². The third-order valence-corrected chi connectivity index (χ3v) is 2.83. The fourth-order valence-electron chi connectivity index (χ4n) is 1.60. The van der Waals surface area contributed by atoms with Gasteiger partial charge in [-0.2, -0.15) is 4.98 Å². The van der Waals surface area contributed by atoms with Gasteiger partial charge in [0.25, 0.3) is 0 Å². The van der Waals surface area contributed by atoms with Crippen LogP contribution in [0.5, 0.6) is 0 Å². The molecule has 1 heterocycles. The van der Waals surface area contributed by atoms with Gasteiger partial charge < -0.3 is 10.3 Å². The molecule has 5 nitrogen and oxygen atoms in total. The summed E-state index contributed by atoms with van der Waals surface area (Å²) in [7, 11) is 1.95. The average molecular weight is 267 g/mol. The summed E-state index contributed by atoms with van der Waals surface area (Å²) in [6, 6.07) is 7.41. The largest absolute Gasteiger partial charge is 0.338 e. The lowest BCUT2D eigenvalue weighted by atomic mass is 10.2. The monoisotopic (exact) mass is 266 g/mol. The summed E-state index contributed by atoms with van der Waals surface area (Å²) in [6.07, 6.45) is 0. The first-order valence-electron chi connectivity index (χ1n) is 5.67. The van der Waals surface area contributed by atoms with Crippen molar-refractivity contribution >= 4 is 11.6 Å². The molecule has 0 spiro atoms. The number of nitrogens with zero attached hydrogens (tertiary/aromatic N) is 3. The minimum absolute atomic E-state index is 0.511. The standard InChI is InChI=1S/C12H15ClN4O/c1-17(7-6-14)8-11-15-12(16-18-11)9-4-2-3-5-10(9)13/h2-5H,6-8,14H2,1H3. The van der Waals surface area contributed by atoms with Crippen LogP contribution < -0.4 is 5.73 Å². The van der Waals surface area contributed by atoms with Gasteiger partial charge in [-0.3, -0.25) is 4.90 Å². The second-order valence-electron chi connectivity index (χ2n) is 4.02. The molecule has 0 aliphatic rings. The van der Waals surface area contributed by atoms with Crippen molar-refractivity contribution < 1.29 is 4.52 Å². The van der Waals surface area contributed by atoms with E-state index in [-0.39, 0.29) is 0 Å². The molecule has 0 fully saturated rings. The summed E-state index contributed by atoms with van der Waals surface area (Å²) < 4.78 is 5.19. The number of nitrogens with two attached hydrogens (primary N) is 1. The van der Waals surface area contributed by atoms with Crippen molar-refractivity contribution in [2.45, 2.75) is 6.54 Å². The lowest BCUT2D eigenvalue weighted by molar-refractivity contribution is 0.272. The Morgan fingerprint density at radius 2 is 2.17 bits per heavy atom. The van der Waals surface area contributed by atoms with Crippen LogP contribution in [-0.2, 0) is 6.54 Å². The lowest BCUT2D eigenvalue weighted by Crippen LogP contribution is -2.25. The van der Waals surface area contributed by atoms with Crippen LogP contribution in [0.2, 0.25) is 5.02 Å². The second kappa shape index (κ2) is 5.95. The first kappa shape index (κ1) is 13.0. The van der Waals surface area contributed by atoms with Gasteiger partial charge in [-0.15, -0.1) is 0 Å². The van der Waals surface area contributed by atoms with Crippen LogP contribution >= 0.6 is 11.6 Å². The predicted octanol–water partition coefficient (Wildman–Crippen LogP) is 1.78. The van der Waals surface area contributed by atoms with Crippen molar-refractivity contribution in [3.05, 3.63) is 35.2 Å². The van der Waals surface area contributed by atoms with Crippen molar-refractivity contribution in [3.63, 3.8) is 0 Å². The number of rotatable bonds is 5. The van der Waals surface area contributed by atoms with Gasteiger partial charge in [-0.25, -0.2) is 0 Å². The Bertz CT molecular complexity index is 514. The third-order valence-electron chi connectivity index (χ3n) is 2.50. The van der Waals surface area contributed by atoms with Gasteiger partial charge in [-0.05, 0) is 19.2 Å². The Morgan fingerprint density at radius 3 is 2.89 bits per heavy atom. The van der Waals surface area contributed by atoms with E-state index >= 15 is 0 Å². The first-order valence-corrected chi connectivity index (χ1v) is 6.04. The molecule has 0 unspecified atom stereocenters. The molecule has 2 aromatic rings. The van der Waals surface area contributed by atoms with Crippen molar-refractivity contribution in [1.29, 1.82) is 0 Å². The number of hydrogen-bond acceptors (Lipinski definition) is 5. The number of aromatic nitrogens is 2. The summed E-state index contributed by atoms with van der Waals surface area (Å²) in [6.45, 7) is 1.96. The maximum absolute atomic E-state index is 6.07. The van der Waals surface area contributed by atoms with E-state index in [1.165, 1.54) is 0 Å². The molecule has 2 N–H and O–H groups in total. The Morgan fingerprint density at radius 1 is 1.39 bits per heavy atom. The smallest absolute Gasteiger partial charge is 0.241 e. The molecule has 0 radical (unpaired) electrons. The van der Waals surface area contributed by atoms with Crippen LogP contribution in [0.1, 0.15) is 5.89 Å². The van der Waals surface area contributed by atoms with Crippen LogP contribution in [-0.4, -0.2) is 35.2 Å². The fraction of sp³-hybridized carbons (Fsp3) is 0.333. The van der Waals surface area contributed by atoms with Gasteiger partial charge in [0, 0.05) is 18.7 Å². The van der Waals surface area contributed by atoms with Crippen molar-refractivity contribution in [2.75, 3.05) is 20.1 Å². The molecular weight excluding hydrogens is 252 g/mol. The minimum Gasteiger partial charge on any atom is -0.338 e. The first-order chi connectivity index (χ1) is 8.70. The molecule has 0 atom stereocenters. The van der Waals surface area contributed by atoms with Crippen molar-refractivity contribution in [2.24, 2.45) is 5.73 Å². The molecule has 96 valence electrons. The molecular formula is C12H15ClN4O. The molecule has 6 heteroatoms. The molecule has 0 aliphatic heterocycles. The highest BCUT2D eigenvalue weighted by atomic mass is 35.5. The summed E-state index contributed by atoms with van der Waals surface area (Å²) in [5.74, 6) is 1.07. The number of hydrogen-bond donors (Lipinski definition) is 1. The minimum atomic E-state index is 0.511. The van der Waals surface area contributed by atoms with Crippen molar-refractivity contribution in [3.8, 4) is 11.4 Å². The third kappa shape index (κ3) is 3.07. The SMILES string of the molecule is CN(CCN)Cc1nc(-c2ccccc2Cl)no1. The van der Waals surface area contributed by atoms with E-state index in [0.29, 0.717) is 29.8 Å². The molecule has 0 bridgehead atoms. The van der Waals surface area contributed by atoms with Crippen molar-refractivity contribution in [1.82, 2.24) is 15.0 Å². The fourth-order valence-corrected chi connectivity index (χ4v) is 1.82. The maximum Gasteiger partial charge on any atom is 0.241 e. The topological polar surface area (TPSA) is 68.2 Å². The Balaban J connectivity index is 2.13. The van der Waals surface area contributed by atoms with E-state index < -0.39 is 0 Å². The molecule has 0 saturated carbocycles. The van der Waals surface area contributed by atoms with Crippen LogP contribution in [0.3, 0.4) is 0 Å². The number of benzene rings is 1. The van der Waals surface area contributed by atoms with Crippen LogP contribution in [0.25, 0.3) is 11.4 Å². The molecule has 18 heavy (non-hydrogen) atoms. The Hall–Kier alpha value is -1.43. The van der Waals surface area contributed by atoms with E-state index in [1.54, 1.807) is 6.07 Å². The molecule has 0 aliphatic carbocycles. The summed E-state index contributed by atoms with van der Waals surface area (Å²) >= 11 is 6.07. The molecule has 1 aromatic carbocycles. The predicted molar refractivity (Wildman–Crippen MR) is 70.1 cm³/mol. The average Bonchev–Trinajstić information content (AvgIpc) is 2.78. The molecule has 1 aromatic heterocycles. The zero-order chi connectivity index (χ0) is 13.0. The van der Waals surface area contributed by atoms with Gasteiger partial charge in [-0.1, -0.05) is 28.9 Å². The molecule has 0 saturated heterocycles. The van der Waals surface area contributed by atoms with E-state index in [9.17, 15) is 0 Å². The highest BCUT2D eigenvalue weighted by Crippen LogP contribution is 2.24. The Kier molecular flexibility index (Phi) is 4.30. The summed E-state index contributed by atoms with van der Waals surface area (Å²) in [4.78, 5) is 6.34. The van der Waals surface area contributed by atoms with Gasteiger partial charge in [0.05, 0.1) is 11.6 Å². The molecule has 2 rings (SSSR count). The lowest BCUT2D eigenvalue weighted by Gasteiger charge is -2.11. The van der Waals surface area contributed by atoms with Gasteiger partial charge in [0.15, 0.2) is 0 Å². The maximum atomic E-state index is 6.07. The second-order valence-corrected chi connectivity index (χ2v) is 4.43.